The standard InChI is InChI=1S/C35H30N4O.C29H25N5.Ir.Pt/c1-24-13-14-32(25(2)18-24)39-23-38(33-11-6-7-12-34(33)39)27-19-26(35(3,4)5)20-29(21-27)40-28-15-17-37-31(22-28)30-10-8-9-16-36-30;1-3-12-24(13-4-1)33-22-31(26-16-7-8-17-27(26)33)20-9-10-21-32-23-34(25-14-5-2-6-15-25)29-28(32)18-11-19-30-29;;/h6-9,11-20,23H,1-5H3;1-8,11-12,14,16-19,22-23H,9-10,20-21H2;;/q2*-4;;. The Balaban J connectivity index is 0.000000183. The van der Waals surface area contributed by atoms with E-state index < -0.39 is 0 Å². The molecule has 3 aliphatic heterocycles. The predicted octanol–water partition coefficient (Wildman–Crippen LogP) is 15.0. The van der Waals surface area contributed by atoms with Gasteiger partial charge in [0.1, 0.15) is 5.82 Å². The smallest absolute Gasteiger partial charge is 0.124 e. The molecule has 3 aliphatic rings. The molecule has 0 fully saturated rings. The van der Waals surface area contributed by atoms with Crippen LogP contribution in [0.4, 0.5) is 57.0 Å². The maximum atomic E-state index is 6.36. The average molecular weight is 1350 g/mol. The molecule has 0 aliphatic carbocycles. The Morgan fingerprint density at radius 3 is 1.75 bits per heavy atom. The van der Waals surface area contributed by atoms with Crippen LogP contribution in [0.2, 0.25) is 0 Å². The molecule has 0 bridgehead atoms. The van der Waals surface area contributed by atoms with E-state index in [9.17, 15) is 0 Å². The Morgan fingerprint density at radius 1 is 0.487 bits per heavy atom. The number of fused-ring (bicyclic) bond motifs is 3. The third-order valence-corrected chi connectivity index (χ3v) is 13.1. The van der Waals surface area contributed by atoms with Crippen molar-refractivity contribution in [3.8, 4) is 22.9 Å². The number of anilines is 10. The molecule has 0 atom stereocenters. The maximum Gasteiger partial charge on any atom is 0.124 e. The van der Waals surface area contributed by atoms with E-state index in [0.717, 1.165) is 77.1 Å². The summed E-state index contributed by atoms with van der Waals surface area (Å²) in [6, 6.07) is 70.0. The van der Waals surface area contributed by atoms with Gasteiger partial charge in [0.2, 0.25) is 0 Å². The second kappa shape index (κ2) is 23.7. The van der Waals surface area contributed by atoms with Crippen molar-refractivity contribution in [2.45, 2.75) is 52.9 Å². The van der Waals surface area contributed by atoms with Crippen LogP contribution in [0.5, 0.6) is 11.5 Å². The molecule has 9 aromatic rings. The second-order valence-electron chi connectivity index (χ2n) is 19.4. The normalized spacial score (nSPS) is 13.3. The van der Waals surface area contributed by atoms with Gasteiger partial charge in [-0.1, -0.05) is 62.7 Å². The Kier molecular flexibility index (Phi) is 16.7. The Morgan fingerprint density at radius 2 is 1.08 bits per heavy atom. The van der Waals surface area contributed by atoms with Crippen LogP contribution in [0.3, 0.4) is 0 Å². The number of benzene rings is 6. The second-order valence-corrected chi connectivity index (χ2v) is 19.4. The first kappa shape index (κ1) is 53.5. The van der Waals surface area contributed by atoms with Crippen molar-refractivity contribution in [1.82, 2.24) is 15.0 Å². The third kappa shape index (κ3) is 11.6. The number of hydrogen-bond acceptors (Lipinski definition) is 10. The van der Waals surface area contributed by atoms with Crippen LogP contribution in [-0.2, 0) is 46.6 Å². The Labute approximate surface area is 476 Å². The first-order valence-electron chi connectivity index (χ1n) is 25.0. The first-order valence-corrected chi connectivity index (χ1v) is 25.0. The van der Waals surface area contributed by atoms with E-state index in [1.807, 2.05) is 60.8 Å². The number of nitrogens with zero attached hydrogens (tertiary/aromatic N) is 9. The van der Waals surface area contributed by atoms with E-state index in [4.69, 9.17) is 4.74 Å². The molecule has 76 heavy (non-hydrogen) atoms. The van der Waals surface area contributed by atoms with Crippen LogP contribution in [0.15, 0.2) is 176 Å². The fourth-order valence-corrected chi connectivity index (χ4v) is 9.43. The van der Waals surface area contributed by atoms with Gasteiger partial charge in [-0.25, -0.2) is 11.1 Å². The molecular formula is C64H55IrN9OPt-8. The van der Waals surface area contributed by atoms with E-state index in [1.165, 1.54) is 22.5 Å². The van der Waals surface area contributed by atoms with Gasteiger partial charge in [-0.05, 0) is 106 Å². The quantitative estimate of drug-likeness (QED) is 0.0873. The largest absolute Gasteiger partial charge is 0.510 e. The first-order chi connectivity index (χ1) is 36.1. The van der Waals surface area contributed by atoms with Crippen molar-refractivity contribution >= 4 is 57.0 Å². The zero-order chi connectivity index (χ0) is 50.6. The van der Waals surface area contributed by atoms with Gasteiger partial charge in [0.05, 0.1) is 0 Å². The molecular weight excluding hydrogens is 1300 g/mol. The fourth-order valence-electron chi connectivity index (χ4n) is 9.43. The molecule has 0 spiro atoms. The number of para-hydroxylation sites is 6. The fraction of sp³-hybridized carbons (Fsp3) is 0.156. The maximum absolute atomic E-state index is 6.36. The summed E-state index contributed by atoms with van der Waals surface area (Å²) >= 11 is 0. The summed E-state index contributed by atoms with van der Waals surface area (Å²) < 4.78 is 6.36. The Hall–Kier alpha value is -7.29. The van der Waals surface area contributed by atoms with Gasteiger partial charge in [0.25, 0.3) is 0 Å². The number of rotatable bonds is 12. The molecule has 0 N–H and O–H groups in total. The number of pyridine rings is 3. The molecule has 0 unspecified atom stereocenters. The number of aryl methyl sites for hydroxylation is 2. The molecule has 12 rings (SSSR count). The van der Waals surface area contributed by atoms with Gasteiger partial charge >= 0.3 is 0 Å². The Bertz CT molecular complexity index is 3280. The van der Waals surface area contributed by atoms with Crippen LogP contribution in [0, 0.1) is 64.2 Å². The molecule has 3 aromatic heterocycles. The van der Waals surface area contributed by atoms with Gasteiger partial charge in [0, 0.05) is 93.0 Å². The summed E-state index contributed by atoms with van der Waals surface area (Å²) in [5.41, 5.74) is 14.6. The summed E-state index contributed by atoms with van der Waals surface area (Å²) in [7, 11) is 0. The summed E-state index contributed by atoms with van der Waals surface area (Å²) in [4.78, 5) is 26.8. The van der Waals surface area contributed by atoms with Crippen molar-refractivity contribution in [3.63, 3.8) is 0 Å². The number of hydrogen-bond donors (Lipinski definition) is 0. The van der Waals surface area contributed by atoms with E-state index >= 15 is 0 Å². The van der Waals surface area contributed by atoms with Crippen LogP contribution < -0.4 is 34.1 Å². The van der Waals surface area contributed by atoms with Crippen molar-refractivity contribution in [1.29, 1.82) is 0 Å². The number of unbranched alkanes of at least 4 members (excludes halogenated alkanes) is 1. The zero-order valence-corrected chi connectivity index (χ0v) is 47.6. The van der Waals surface area contributed by atoms with Gasteiger partial charge in [-0.15, -0.1) is 71.0 Å². The molecule has 0 saturated carbocycles. The molecule has 389 valence electrons. The van der Waals surface area contributed by atoms with E-state index in [2.05, 4.69) is 226 Å². The van der Waals surface area contributed by atoms with Crippen LogP contribution in [0.1, 0.15) is 50.3 Å². The minimum atomic E-state index is -0.107. The molecule has 0 saturated heterocycles. The van der Waals surface area contributed by atoms with Crippen LogP contribution in [0.25, 0.3) is 11.4 Å². The van der Waals surface area contributed by atoms with Crippen molar-refractivity contribution in [3.05, 3.63) is 243 Å². The SMILES string of the molecule is Cc1ccc(N2[CH-]N(c3[c-]c(Oc4[c-]c(-c5[c-]cccn5)ncc4)cc(C(C)(C)C)c3)c3ccccc32)c(C)c1.[Ir].[Pt].[c-]1ccccc1N1[CH-]N(CCCCN2[CH-]N(c3[c-]cccc3)c3ncccc32)c2ccccc21. The van der Waals surface area contributed by atoms with Crippen LogP contribution >= 0.6 is 0 Å². The summed E-state index contributed by atoms with van der Waals surface area (Å²) in [6.07, 6.45) is 7.41. The topological polar surface area (TPSA) is 67.3 Å². The summed E-state index contributed by atoms with van der Waals surface area (Å²) in [6.45, 7) is 19.3. The van der Waals surface area contributed by atoms with Crippen molar-refractivity contribution < 1.29 is 45.9 Å². The molecule has 6 heterocycles. The molecule has 10 nitrogen and oxygen atoms in total. The number of aromatic nitrogens is 3. The molecule has 6 aromatic carbocycles. The number of ether oxygens (including phenoxy) is 1. The van der Waals surface area contributed by atoms with Gasteiger partial charge in [0.15, 0.2) is 0 Å². The monoisotopic (exact) mass is 1350 g/mol. The van der Waals surface area contributed by atoms with E-state index in [1.54, 1.807) is 18.5 Å². The van der Waals surface area contributed by atoms with Crippen LogP contribution in [-0.4, -0.2) is 28.0 Å². The third-order valence-electron chi connectivity index (χ3n) is 13.1. The minimum absolute atomic E-state index is 0. The minimum Gasteiger partial charge on any atom is -0.510 e. The molecule has 0 amide bonds. The van der Waals surface area contributed by atoms with E-state index in [0.29, 0.717) is 22.9 Å². The van der Waals surface area contributed by atoms with Crippen molar-refractivity contribution in [2.75, 3.05) is 42.5 Å². The van der Waals surface area contributed by atoms with Crippen molar-refractivity contribution in [2.24, 2.45) is 0 Å². The van der Waals surface area contributed by atoms with E-state index in [-0.39, 0.29) is 46.6 Å². The molecule has 12 heteroatoms. The van der Waals surface area contributed by atoms with Gasteiger partial charge in [-0.3, -0.25) is 0 Å². The van der Waals surface area contributed by atoms with Gasteiger partial charge in [-0.2, -0.15) is 86.1 Å². The predicted molar refractivity (Wildman–Crippen MR) is 298 cm³/mol. The summed E-state index contributed by atoms with van der Waals surface area (Å²) in [5.74, 6) is 2.11. The zero-order valence-electron chi connectivity index (χ0n) is 42.9. The molecule has 1 radical (unpaired) electrons. The summed E-state index contributed by atoms with van der Waals surface area (Å²) in [5, 5.41) is 0. The van der Waals surface area contributed by atoms with Gasteiger partial charge < -0.3 is 44.1 Å². The average Bonchev–Trinajstić information content (AvgIpc) is 4.17.